The van der Waals surface area contributed by atoms with Crippen molar-refractivity contribution in [2.24, 2.45) is 0 Å². The van der Waals surface area contributed by atoms with Gasteiger partial charge in [-0.1, -0.05) is 18.2 Å². The zero-order valence-electron chi connectivity index (χ0n) is 16.6. The summed E-state index contributed by atoms with van der Waals surface area (Å²) in [7, 11) is -3.70. The second-order valence-corrected chi connectivity index (χ2v) is 9.25. The Morgan fingerprint density at radius 2 is 1.71 bits per heavy atom. The van der Waals surface area contributed by atoms with Crippen LogP contribution in [0.15, 0.2) is 47.4 Å². The van der Waals surface area contributed by atoms with E-state index in [0.29, 0.717) is 24.3 Å². The molecule has 0 saturated carbocycles. The Kier molecular flexibility index (Phi) is 5.88. The van der Waals surface area contributed by atoms with Gasteiger partial charge in [0.1, 0.15) is 0 Å². The largest absolute Gasteiger partial charge is 0.373 e. The highest BCUT2D eigenvalue weighted by Crippen LogP contribution is 2.23. The van der Waals surface area contributed by atoms with E-state index in [9.17, 15) is 13.2 Å². The second-order valence-electron chi connectivity index (χ2n) is 7.31. The molecule has 3 rings (SSSR count). The van der Waals surface area contributed by atoms with Crippen molar-refractivity contribution in [1.82, 2.24) is 4.31 Å². The first-order valence-electron chi connectivity index (χ1n) is 9.31. The maximum Gasteiger partial charge on any atom is 0.255 e. The van der Waals surface area contributed by atoms with Crippen LogP contribution in [0.3, 0.4) is 0 Å². The van der Waals surface area contributed by atoms with Crippen LogP contribution in [-0.4, -0.2) is 43.9 Å². The minimum Gasteiger partial charge on any atom is -0.373 e. The molecule has 0 aromatic heterocycles. The minimum absolute atomic E-state index is 0.113. The number of carbonyl (C=O) groups is 1. The molecule has 1 aliphatic heterocycles. The van der Waals surface area contributed by atoms with Crippen LogP contribution in [0.1, 0.15) is 35.3 Å². The highest BCUT2D eigenvalue weighted by atomic mass is 32.2. The van der Waals surface area contributed by atoms with Gasteiger partial charge in [-0.25, -0.2) is 8.42 Å². The molecule has 0 bridgehead atoms. The highest BCUT2D eigenvalue weighted by molar-refractivity contribution is 7.89. The smallest absolute Gasteiger partial charge is 0.255 e. The van der Waals surface area contributed by atoms with Gasteiger partial charge in [-0.2, -0.15) is 4.31 Å². The number of amides is 1. The fourth-order valence-corrected chi connectivity index (χ4v) is 4.99. The van der Waals surface area contributed by atoms with Crippen molar-refractivity contribution in [2.75, 3.05) is 18.4 Å². The number of benzene rings is 2. The molecule has 0 spiro atoms. The lowest BCUT2D eigenvalue weighted by Gasteiger charge is -2.34. The first kappa shape index (κ1) is 20.5. The predicted octanol–water partition coefficient (Wildman–Crippen LogP) is 3.35. The molecule has 0 radical (unpaired) electrons. The SMILES string of the molecule is Cc1cccc(NC(=O)c2cccc(S(=O)(=O)N3CC(C)OC(C)C3)c2)c1C. The molecule has 1 N–H and O–H groups in total. The van der Waals surface area contributed by atoms with Gasteiger partial charge in [0.25, 0.3) is 5.91 Å². The number of sulfonamides is 1. The van der Waals surface area contributed by atoms with E-state index in [1.807, 2.05) is 45.9 Å². The van der Waals surface area contributed by atoms with Gasteiger partial charge in [0.05, 0.1) is 17.1 Å². The lowest BCUT2D eigenvalue weighted by atomic mass is 10.1. The van der Waals surface area contributed by atoms with Gasteiger partial charge in [-0.3, -0.25) is 4.79 Å². The van der Waals surface area contributed by atoms with E-state index in [1.165, 1.54) is 16.4 Å². The van der Waals surface area contributed by atoms with Crippen LogP contribution in [0.2, 0.25) is 0 Å². The summed E-state index contributed by atoms with van der Waals surface area (Å²) in [6, 6.07) is 11.8. The number of nitrogens with one attached hydrogen (secondary N) is 1. The summed E-state index contributed by atoms with van der Waals surface area (Å²) in [6.45, 7) is 8.21. The van der Waals surface area contributed by atoms with Crippen molar-refractivity contribution in [3.63, 3.8) is 0 Å². The van der Waals surface area contributed by atoms with Crippen molar-refractivity contribution in [2.45, 2.75) is 44.8 Å². The average molecular weight is 403 g/mol. The molecule has 1 fully saturated rings. The summed E-state index contributed by atoms with van der Waals surface area (Å²) in [5.41, 5.74) is 3.08. The third-order valence-corrected chi connectivity index (χ3v) is 6.80. The number of nitrogens with zero attached hydrogens (tertiary/aromatic N) is 1. The van der Waals surface area contributed by atoms with E-state index in [4.69, 9.17) is 4.74 Å². The summed E-state index contributed by atoms with van der Waals surface area (Å²) in [6.07, 6.45) is -0.344. The Morgan fingerprint density at radius 3 is 2.39 bits per heavy atom. The van der Waals surface area contributed by atoms with Gasteiger partial charge in [-0.05, 0) is 63.1 Å². The van der Waals surface area contributed by atoms with Crippen LogP contribution in [0.25, 0.3) is 0 Å². The maximum atomic E-state index is 13.0. The number of morpholine rings is 1. The predicted molar refractivity (Wildman–Crippen MR) is 109 cm³/mol. The standard InChI is InChI=1S/C21H26N2O4S/c1-14-7-5-10-20(17(14)4)22-21(24)18-8-6-9-19(11-18)28(25,26)23-12-15(2)27-16(3)13-23/h5-11,15-16H,12-13H2,1-4H3,(H,22,24). The minimum atomic E-state index is -3.70. The molecule has 28 heavy (non-hydrogen) atoms. The van der Waals surface area contributed by atoms with E-state index < -0.39 is 10.0 Å². The number of anilines is 1. The van der Waals surface area contributed by atoms with Gasteiger partial charge in [0.2, 0.25) is 10.0 Å². The molecule has 2 aromatic carbocycles. The second kappa shape index (κ2) is 8.03. The van der Waals surface area contributed by atoms with Crippen LogP contribution < -0.4 is 5.32 Å². The lowest BCUT2D eigenvalue weighted by Crippen LogP contribution is -2.48. The van der Waals surface area contributed by atoms with E-state index in [2.05, 4.69) is 5.32 Å². The average Bonchev–Trinajstić information content (AvgIpc) is 2.64. The Hall–Kier alpha value is -2.22. The number of hydrogen-bond donors (Lipinski definition) is 1. The molecule has 150 valence electrons. The molecule has 6 nitrogen and oxygen atoms in total. The van der Waals surface area contributed by atoms with E-state index in [0.717, 1.165) is 11.1 Å². The Morgan fingerprint density at radius 1 is 1.07 bits per heavy atom. The fourth-order valence-electron chi connectivity index (χ4n) is 3.35. The van der Waals surface area contributed by atoms with Crippen molar-refractivity contribution in [1.29, 1.82) is 0 Å². The number of rotatable bonds is 4. The zero-order valence-corrected chi connectivity index (χ0v) is 17.4. The van der Waals surface area contributed by atoms with Crippen LogP contribution in [0.4, 0.5) is 5.69 Å². The number of ether oxygens (including phenoxy) is 1. The first-order valence-corrected chi connectivity index (χ1v) is 10.8. The van der Waals surface area contributed by atoms with E-state index in [1.54, 1.807) is 12.1 Å². The van der Waals surface area contributed by atoms with Crippen molar-refractivity contribution in [3.8, 4) is 0 Å². The van der Waals surface area contributed by atoms with Gasteiger partial charge >= 0.3 is 0 Å². The summed E-state index contributed by atoms with van der Waals surface area (Å²) >= 11 is 0. The Balaban J connectivity index is 1.85. The quantitative estimate of drug-likeness (QED) is 0.851. The molecule has 2 atom stereocenters. The van der Waals surface area contributed by atoms with Crippen LogP contribution in [-0.2, 0) is 14.8 Å². The normalized spacial score (nSPS) is 20.7. The summed E-state index contributed by atoms with van der Waals surface area (Å²) in [5.74, 6) is -0.338. The fraction of sp³-hybridized carbons (Fsp3) is 0.381. The van der Waals surface area contributed by atoms with Crippen molar-refractivity contribution >= 4 is 21.6 Å². The molecular weight excluding hydrogens is 376 g/mol. The van der Waals surface area contributed by atoms with Gasteiger partial charge in [0.15, 0.2) is 0 Å². The summed E-state index contributed by atoms with van der Waals surface area (Å²) in [4.78, 5) is 12.8. The summed E-state index contributed by atoms with van der Waals surface area (Å²) in [5, 5.41) is 2.87. The van der Waals surface area contributed by atoms with Gasteiger partial charge in [-0.15, -0.1) is 0 Å². The monoisotopic (exact) mass is 402 g/mol. The van der Waals surface area contributed by atoms with Crippen molar-refractivity contribution < 1.29 is 17.9 Å². The Bertz CT molecular complexity index is 978. The zero-order chi connectivity index (χ0) is 20.5. The lowest BCUT2D eigenvalue weighted by molar-refractivity contribution is -0.0440. The highest BCUT2D eigenvalue weighted by Gasteiger charge is 2.32. The summed E-state index contributed by atoms with van der Waals surface area (Å²) < 4.78 is 33.1. The molecule has 7 heteroatoms. The van der Waals surface area contributed by atoms with E-state index in [-0.39, 0.29) is 23.0 Å². The van der Waals surface area contributed by atoms with Crippen LogP contribution in [0, 0.1) is 13.8 Å². The topological polar surface area (TPSA) is 75.7 Å². The molecule has 1 aliphatic rings. The van der Waals surface area contributed by atoms with Gasteiger partial charge < -0.3 is 10.1 Å². The number of carbonyl (C=O) groups excluding carboxylic acids is 1. The molecule has 0 aliphatic carbocycles. The molecule has 1 amide bonds. The molecule has 1 heterocycles. The number of aryl methyl sites for hydroxylation is 1. The van der Waals surface area contributed by atoms with Crippen LogP contribution in [0.5, 0.6) is 0 Å². The van der Waals surface area contributed by atoms with E-state index >= 15 is 0 Å². The molecular formula is C21H26N2O4S. The molecule has 1 saturated heterocycles. The molecule has 2 unspecified atom stereocenters. The van der Waals surface area contributed by atoms with Gasteiger partial charge in [0, 0.05) is 24.3 Å². The Labute approximate surface area is 166 Å². The third kappa shape index (κ3) is 4.27. The maximum absolute atomic E-state index is 13.0. The third-order valence-electron chi connectivity index (χ3n) is 4.97. The first-order chi connectivity index (χ1) is 13.2. The van der Waals surface area contributed by atoms with Crippen molar-refractivity contribution in [3.05, 3.63) is 59.2 Å². The van der Waals surface area contributed by atoms with Crippen LogP contribution >= 0.6 is 0 Å². The molecule has 2 aromatic rings. The number of hydrogen-bond acceptors (Lipinski definition) is 4.